The van der Waals surface area contributed by atoms with E-state index in [4.69, 9.17) is 32.7 Å². The van der Waals surface area contributed by atoms with Gasteiger partial charge < -0.3 is 14.4 Å². The van der Waals surface area contributed by atoms with Gasteiger partial charge in [0.2, 0.25) is 12.0 Å². The monoisotopic (exact) mass is 384 g/mol. The van der Waals surface area contributed by atoms with E-state index in [1.165, 1.54) is 0 Å². The summed E-state index contributed by atoms with van der Waals surface area (Å²) >= 11 is 12.2. The Morgan fingerprint density at radius 3 is 2.52 bits per heavy atom. The second-order valence-electron chi connectivity index (χ2n) is 6.32. The average Bonchev–Trinajstić information content (AvgIpc) is 2.55. The molecule has 1 aromatic rings. The Bertz CT molecular complexity index is 754. The third kappa shape index (κ3) is 3.21. The van der Waals surface area contributed by atoms with E-state index in [9.17, 15) is 9.59 Å². The number of fused-ring (bicyclic) bond motifs is 1. The first-order chi connectivity index (χ1) is 11.7. The Balaban J connectivity index is 2.10. The predicted octanol–water partition coefficient (Wildman–Crippen LogP) is 2.83. The van der Waals surface area contributed by atoms with Crippen LogP contribution in [-0.2, 0) is 19.1 Å². The lowest BCUT2D eigenvalue weighted by molar-refractivity contribution is -0.213. The van der Waals surface area contributed by atoms with Crippen molar-refractivity contribution >= 4 is 40.8 Å². The van der Waals surface area contributed by atoms with Gasteiger partial charge in [0.1, 0.15) is 0 Å². The molecule has 3 rings (SSSR count). The van der Waals surface area contributed by atoms with Gasteiger partial charge in [0.05, 0.1) is 10.0 Å². The van der Waals surface area contributed by atoms with Crippen molar-refractivity contribution in [3.05, 3.63) is 40.4 Å². The van der Waals surface area contributed by atoms with E-state index < -0.39 is 23.9 Å². The molecule has 134 valence electrons. The number of likely N-dealkylation sites (N-methyl/N-ethyl adjacent to an activating group) is 1. The quantitative estimate of drug-likeness (QED) is 0.693. The lowest BCUT2D eigenvalue weighted by Crippen LogP contribution is -2.71. The first kappa shape index (κ1) is 18.0. The summed E-state index contributed by atoms with van der Waals surface area (Å²) in [5.41, 5.74) is -0.508. The first-order valence-corrected chi connectivity index (χ1v) is 8.54. The molecule has 2 heterocycles. The molecule has 0 aromatic heterocycles. The number of halogens is 2. The summed E-state index contributed by atoms with van der Waals surface area (Å²) in [4.78, 5) is 27.8. The standard InChI is InChI=1S/C17H18Cl2N2O4/c1-10-9-21(11-4-5-12(18)13(19)8-11)17(2)16(20(10)3)24-14(22)6-7-15(23)25-17/h4-8,10,16H,9H2,1-3H3/b7-6+. The first-order valence-electron chi connectivity index (χ1n) is 7.78. The fourth-order valence-corrected chi connectivity index (χ4v) is 3.44. The van der Waals surface area contributed by atoms with Crippen molar-refractivity contribution in [3.8, 4) is 0 Å². The molecule has 25 heavy (non-hydrogen) atoms. The maximum atomic E-state index is 12.1. The van der Waals surface area contributed by atoms with Crippen LogP contribution in [0.5, 0.6) is 0 Å². The largest absolute Gasteiger partial charge is 0.437 e. The van der Waals surface area contributed by atoms with Gasteiger partial charge in [0.25, 0.3) is 0 Å². The predicted molar refractivity (Wildman–Crippen MR) is 94.6 cm³/mol. The van der Waals surface area contributed by atoms with E-state index in [1.54, 1.807) is 25.1 Å². The number of anilines is 1. The van der Waals surface area contributed by atoms with Crippen LogP contribution in [0.4, 0.5) is 5.69 Å². The van der Waals surface area contributed by atoms with E-state index in [0.29, 0.717) is 16.6 Å². The minimum Gasteiger partial charge on any atom is -0.437 e. The number of hydrogen-bond acceptors (Lipinski definition) is 6. The molecule has 6 nitrogen and oxygen atoms in total. The average molecular weight is 385 g/mol. The molecule has 0 bridgehead atoms. The van der Waals surface area contributed by atoms with E-state index in [2.05, 4.69) is 0 Å². The number of carbonyl (C=O) groups is 2. The molecule has 8 heteroatoms. The molecule has 0 radical (unpaired) electrons. The van der Waals surface area contributed by atoms with Crippen LogP contribution in [0.1, 0.15) is 13.8 Å². The van der Waals surface area contributed by atoms with Crippen molar-refractivity contribution in [2.45, 2.75) is 31.8 Å². The zero-order valence-corrected chi connectivity index (χ0v) is 15.5. The van der Waals surface area contributed by atoms with Gasteiger partial charge in [-0.3, -0.25) is 4.90 Å². The summed E-state index contributed by atoms with van der Waals surface area (Å²) in [6.45, 7) is 4.25. The molecule has 0 amide bonds. The summed E-state index contributed by atoms with van der Waals surface area (Å²) < 4.78 is 11.2. The fraction of sp³-hybridized carbons (Fsp3) is 0.412. The van der Waals surface area contributed by atoms with Crippen LogP contribution < -0.4 is 4.90 Å². The van der Waals surface area contributed by atoms with E-state index >= 15 is 0 Å². The van der Waals surface area contributed by atoms with Crippen LogP contribution in [0, 0.1) is 0 Å². The van der Waals surface area contributed by atoms with Gasteiger partial charge in [-0.15, -0.1) is 0 Å². The maximum absolute atomic E-state index is 12.1. The minimum atomic E-state index is -1.23. The summed E-state index contributed by atoms with van der Waals surface area (Å²) in [7, 11) is 1.83. The Hall–Kier alpha value is -1.76. The molecule has 3 unspecified atom stereocenters. The lowest BCUT2D eigenvalue weighted by Gasteiger charge is -2.54. The molecule has 1 fully saturated rings. The molecule has 0 N–H and O–H groups in total. The third-order valence-electron chi connectivity index (χ3n) is 4.61. The Morgan fingerprint density at radius 1 is 1.16 bits per heavy atom. The smallest absolute Gasteiger partial charge is 0.333 e. The van der Waals surface area contributed by atoms with E-state index in [-0.39, 0.29) is 6.04 Å². The van der Waals surface area contributed by atoms with Gasteiger partial charge in [0, 0.05) is 37.3 Å². The molecular weight excluding hydrogens is 367 g/mol. The molecule has 1 saturated heterocycles. The van der Waals surface area contributed by atoms with Crippen molar-refractivity contribution in [1.82, 2.24) is 4.90 Å². The molecular formula is C17H18Cl2N2O4. The van der Waals surface area contributed by atoms with Gasteiger partial charge in [-0.05, 0) is 32.2 Å². The number of ether oxygens (including phenoxy) is 2. The number of piperazine rings is 1. The molecule has 0 spiro atoms. The molecule has 2 aliphatic heterocycles. The van der Waals surface area contributed by atoms with Gasteiger partial charge in [-0.2, -0.15) is 0 Å². The minimum absolute atomic E-state index is 0.0300. The number of hydrogen-bond donors (Lipinski definition) is 0. The van der Waals surface area contributed by atoms with Crippen LogP contribution in [0.15, 0.2) is 30.4 Å². The second-order valence-corrected chi connectivity index (χ2v) is 7.14. The number of rotatable bonds is 1. The SMILES string of the molecule is CC1CN(c2ccc(Cl)c(Cl)c2)C2(C)OC(=O)/C=C/C(=O)OC2N1C. The highest BCUT2D eigenvalue weighted by atomic mass is 35.5. The summed E-state index contributed by atoms with van der Waals surface area (Å²) in [6, 6.07) is 5.20. The zero-order chi connectivity index (χ0) is 18.4. The second kappa shape index (κ2) is 6.52. The maximum Gasteiger partial charge on any atom is 0.333 e. The third-order valence-corrected chi connectivity index (χ3v) is 5.35. The van der Waals surface area contributed by atoms with Gasteiger partial charge in [-0.1, -0.05) is 23.2 Å². The molecule has 0 aliphatic carbocycles. The van der Waals surface area contributed by atoms with E-state index in [0.717, 1.165) is 17.8 Å². The van der Waals surface area contributed by atoms with E-state index in [1.807, 2.05) is 23.8 Å². The van der Waals surface area contributed by atoms with Gasteiger partial charge in [0.15, 0.2) is 0 Å². The van der Waals surface area contributed by atoms with Crippen LogP contribution in [-0.4, -0.2) is 48.4 Å². The van der Waals surface area contributed by atoms with Gasteiger partial charge >= 0.3 is 11.9 Å². The van der Waals surface area contributed by atoms with Crippen molar-refractivity contribution in [1.29, 1.82) is 0 Å². The number of nitrogens with zero attached hydrogens (tertiary/aromatic N) is 2. The van der Waals surface area contributed by atoms with Crippen LogP contribution in [0.25, 0.3) is 0 Å². The highest BCUT2D eigenvalue weighted by Crippen LogP contribution is 2.38. The van der Waals surface area contributed by atoms with Crippen molar-refractivity contribution in [2.75, 3.05) is 18.5 Å². The van der Waals surface area contributed by atoms with Crippen molar-refractivity contribution < 1.29 is 19.1 Å². The Kier molecular flexibility index (Phi) is 4.70. The van der Waals surface area contributed by atoms with Gasteiger partial charge in [-0.25, -0.2) is 9.59 Å². The number of benzene rings is 1. The zero-order valence-electron chi connectivity index (χ0n) is 14.0. The topological polar surface area (TPSA) is 59.1 Å². The molecule has 2 aliphatic rings. The van der Waals surface area contributed by atoms with Crippen molar-refractivity contribution in [3.63, 3.8) is 0 Å². The molecule has 3 atom stereocenters. The summed E-state index contributed by atoms with van der Waals surface area (Å²) in [6.07, 6.45) is 1.35. The lowest BCUT2D eigenvalue weighted by atomic mass is 10.0. The molecule has 0 saturated carbocycles. The Labute approximate surface area is 155 Å². The molecule has 1 aromatic carbocycles. The highest BCUT2D eigenvalue weighted by Gasteiger charge is 2.53. The normalized spacial score (nSPS) is 31.5. The summed E-state index contributed by atoms with van der Waals surface area (Å²) in [5, 5.41) is 0.818. The Morgan fingerprint density at radius 2 is 1.84 bits per heavy atom. The highest BCUT2D eigenvalue weighted by molar-refractivity contribution is 6.42. The summed E-state index contributed by atoms with van der Waals surface area (Å²) in [5.74, 6) is -1.21. The van der Waals surface area contributed by atoms with Crippen molar-refractivity contribution in [2.24, 2.45) is 0 Å². The number of carbonyl (C=O) groups excluding carboxylic acids is 2. The van der Waals surface area contributed by atoms with Crippen LogP contribution >= 0.6 is 23.2 Å². The number of esters is 2. The van der Waals surface area contributed by atoms with Crippen LogP contribution in [0.3, 0.4) is 0 Å². The van der Waals surface area contributed by atoms with Crippen LogP contribution in [0.2, 0.25) is 10.0 Å². The fourth-order valence-electron chi connectivity index (χ4n) is 3.15.